The van der Waals surface area contributed by atoms with Gasteiger partial charge in [0, 0.05) is 16.1 Å². The highest BCUT2D eigenvalue weighted by Gasteiger charge is 2.11. The van der Waals surface area contributed by atoms with Crippen LogP contribution in [0.25, 0.3) is 11.4 Å². The number of ether oxygens (including phenoxy) is 1. The van der Waals surface area contributed by atoms with E-state index in [-0.39, 0.29) is 12.5 Å². The van der Waals surface area contributed by atoms with Crippen LogP contribution in [0.1, 0.15) is 16.2 Å². The first-order valence-electron chi connectivity index (χ1n) is 7.16. The summed E-state index contributed by atoms with van der Waals surface area (Å²) < 4.78 is 10.2. The summed E-state index contributed by atoms with van der Waals surface area (Å²) >= 11 is 5.85. The van der Waals surface area contributed by atoms with Crippen molar-refractivity contribution in [2.24, 2.45) is 0 Å². The molecule has 0 unspecified atom stereocenters. The Kier molecular flexibility index (Phi) is 4.77. The van der Waals surface area contributed by atoms with Gasteiger partial charge < -0.3 is 14.6 Å². The molecule has 1 amide bonds. The Hall–Kier alpha value is -2.86. The molecule has 122 valence electrons. The van der Waals surface area contributed by atoms with E-state index < -0.39 is 0 Å². The summed E-state index contributed by atoms with van der Waals surface area (Å²) in [6.45, 7) is 0.136. The van der Waals surface area contributed by atoms with Crippen LogP contribution in [0.2, 0.25) is 5.02 Å². The van der Waals surface area contributed by atoms with Gasteiger partial charge >= 0.3 is 0 Å². The number of halogens is 1. The van der Waals surface area contributed by atoms with Gasteiger partial charge in [0.05, 0.1) is 13.7 Å². The predicted molar refractivity (Wildman–Crippen MR) is 88.9 cm³/mol. The van der Waals surface area contributed by atoms with Gasteiger partial charge in [-0.25, -0.2) is 0 Å². The maximum absolute atomic E-state index is 12.1. The average Bonchev–Trinajstić information content (AvgIpc) is 3.09. The minimum absolute atomic E-state index is 0.136. The maximum Gasteiger partial charge on any atom is 0.251 e. The molecule has 7 heteroatoms. The van der Waals surface area contributed by atoms with Crippen LogP contribution in [-0.4, -0.2) is 23.2 Å². The molecular weight excluding hydrogens is 330 g/mol. The van der Waals surface area contributed by atoms with Crippen molar-refractivity contribution in [3.8, 4) is 17.1 Å². The quantitative estimate of drug-likeness (QED) is 0.768. The molecule has 0 aliphatic carbocycles. The Balaban J connectivity index is 1.64. The van der Waals surface area contributed by atoms with Crippen molar-refractivity contribution in [1.82, 2.24) is 15.5 Å². The minimum atomic E-state index is -0.250. The van der Waals surface area contributed by atoms with E-state index in [2.05, 4.69) is 15.5 Å². The van der Waals surface area contributed by atoms with Gasteiger partial charge in [-0.15, -0.1) is 0 Å². The van der Waals surface area contributed by atoms with Crippen LogP contribution in [0.15, 0.2) is 53.1 Å². The summed E-state index contributed by atoms with van der Waals surface area (Å²) in [5, 5.41) is 7.25. The van der Waals surface area contributed by atoms with Gasteiger partial charge in [-0.3, -0.25) is 4.79 Å². The summed E-state index contributed by atoms with van der Waals surface area (Å²) in [7, 11) is 1.55. The fourth-order valence-corrected chi connectivity index (χ4v) is 2.19. The molecule has 0 saturated carbocycles. The first-order chi connectivity index (χ1) is 11.7. The number of amides is 1. The van der Waals surface area contributed by atoms with Crippen LogP contribution < -0.4 is 10.1 Å². The zero-order valence-electron chi connectivity index (χ0n) is 12.8. The van der Waals surface area contributed by atoms with E-state index in [9.17, 15) is 4.79 Å². The zero-order chi connectivity index (χ0) is 16.9. The smallest absolute Gasteiger partial charge is 0.251 e. The molecule has 2 aromatic carbocycles. The summed E-state index contributed by atoms with van der Waals surface area (Å²) in [5.74, 6) is 1.12. The Morgan fingerprint density at radius 2 is 2.04 bits per heavy atom. The van der Waals surface area contributed by atoms with Crippen LogP contribution in [0, 0.1) is 0 Å². The molecule has 24 heavy (non-hydrogen) atoms. The second-order valence-corrected chi connectivity index (χ2v) is 5.37. The Morgan fingerprint density at radius 3 is 2.79 bits per heavy atom. The molecule has 3 rings (SSSR count). The van der Waals surface area contributed by atoms with Crippen molar-refractivity contribution in [2.45, 2.75) is 6.54 Å². The number of aromatic nitrogens is 2. The molecular formula is C17H14ClN3O3. The number of nitrogens with one attached hydrogen (secondary N) is 1. The van der Waals surface area contributed by atoms with Gasteiger partial charge in [0.1, 0.15) is 5.75 Å². The Bertz CT molecular complexity index is 846. The number of rotatable bonds is 5. The number of hydrogen-bond donors (Lipinski definition) is 1. The molecule has 0 atom stereocenters. The van der Waals surface area contributed by atoms with Crippen molar-refractivity contribution >= 4 is 17.5 Å². The number of carbonyl (C=O) groups excluding carboxylic acids is 1. The van der Waals surface area contributed by atoms with Crippen molar-refractivity contribution in [2.75, 3.05) is 7.11 Å². The van der Waals surface area contributed by atoms with E-state index in [1.165, 1.54) is 0 Å². The highest BCUT2D eigenvalue weighted by Crippen LogP contribution is 2.18. The lowest BCUT2D eigenvalue weighted by Crippen LogP contribution is -2.22. The van der Waals surface area contributed by atoms with Crippen LogP contribution in [0.3, 0.4) is 0 Å². The van der Waals surface area contributed by atoms with Gasteiger partial charge in [-0.2, -0.15) is 4.98 Å². The van der Waals surface area contributed by atoms with Gasteiger partial charge in [0.15, 0.2) is 0 Å². The fraction of sp³-hybridized carbons (Fsp3) is 0.118. The lowest BCUT2D eigenvalue weighted by Gasteiger charge is -2.04. The van der Waals surface area contributed by atoms with Gasteiger partial charge in [-0.1, -0.05) is 22.8 Å². The third kappa shape index (κ3) is 3.72. The van der Waals surface area contributed by atoms with Crippen molar-refractivity contribution in [3.05, 3.63) is 65.0 Å². The van der Waals surface area contributed by atoms with Crippen molar-refractivity contribution < 1.29 is 14.1 Å². The molecule has 0 spiro atoms. The molecule has 0 fully saturated rings. The number of nitrogens with zero attached hydrogens (tertiary/aromatic N) is 2. The lowest BCUT2D eigenvalue weighted by molar-refractivity contribution is 0.0946. The molecule has 3 aromatic rings. The summed E-state index contributed by atoms with van der Waals surface area (Å²) in [4.78, 5) is 16.4. The Morgan fingerprint density at radius 1 is 1.25 bits per heavy atom. The van der Waals surface area contributed by atoms with Gasteiger partial charge in [0.25, 0.3) is 5.91 Å². The monoisotopic (exact) mass is 343 g/mol. The van der Waals surface area contributed by atoms with Crippen LogP contribution in [0.4, 0.5) is 0 Å². The normalized spacial score (nSPS) is 10.4. The fourth-order valence-electron chi connectivity index (χ4n) is 2.07. The summed E-state index contributed by atoms with van der Waals surface area (Å²) in [6, 6.07) is 14.0. The number of carbonyl (C=O) groups is 1. The molecule has 6 nitrogen and oxygen atoms in total. The molecule has 0 saturated heterocycles. The number of benzene rings is 2. The van der Waals surface area contributed by atoms with E-state index in [1.54, 1.807) is 55.6 Å². The van der Waals surface area contributed by atoms with Crippen LogP contribution >= 0.6 is 11.6 Å². The largest absolute Gasteiger partial charge is 0.497 e. The summed E-state index contributed by atoms with van der Waals surface area (Å²) in [6.07, 6.45) is 0. The van der Waals surface area contributed by atoms with Gasteiger partial charge in [0.2, 0.25) is 11.7 Å². The van der Waals surface area contributed by atoms with E-state index in [4.69, 9.17) is 20.9 Å². The molecule has 0 aliphatic rings. The third-order valence-corrected chi connectivity index (χ3v) is 3.55. The average molecular weight is 344 g/mol. The summed E-state index contributed by atoms with van der Waals surface area (Å²) in [5.41, 5.74) is 1.28. The van der Waals surface area contributed by atoms with Gasteiger partial charge in [-0.05, 0) is 42.5 Å². The van der Waals surface area contributed by atoms with E-state index in [1.807, 2.05) is 0 Å². The number of hydrogen-bond acceptors (Lipinski definition) is 5. The van der Waals surface area contributed by atoms with E-state index in [0.29, 0.717) is 28.1 Å². The van der Waals surface area contributed by atoms with Crippen LogP contribution in [0.5, 0.6) is 5.75 Å². The lowest BCUT2D eigenvalue weighted by atomic mass is 10.2. The topological polar surface area (TPSA) is 77.2 Å². The molecule has 0 aliphatic heterocycles. The number of methoxy groups -OCH3 is 1. The molecule has 1 heterocycles. The highest BCUT2D eigenvalue weighted by molar-refractivity contribution is 6.30. The molecule has 1 aromatic heterocycles. The van der Waals surface area contributed by atoms with Crippen LogP contribution in [-0.2, 0) is 6.54 Å². The van der Waals surface area contributed by atoms with Crippen molar-refractivity contribution in [3.63, 3.8) is 0 Å². The van der Waals surface area contributed by atoms with E-state index in [0.717, 1.165) is 5.56 Å². The van der Waals surface area contributed by atoms with Crippen molar-refractivity contribution in [1.29, 1.82) is 0 Å². The zero-order valence-corrected chi connectivity index (χ0v) is 13.6. The minimum Gasteiger partial charge on any atom is -0.497 e. The molecule has 0 bridgehead atoms. The third-order valence-electron chi connectivity index (χ3n) is 3.30. The molecule has 0 radical (unpaired) electrons. The first-order valence-corrected chi connectivity index (χ1v) is 7.54. The standard InChI is InChI=1S/C17H14ClN3O3/c1-23-14-4-2-3-12(9-14)17(22)19-10-15-20-16(21-24-15)11-5-7-13(18)8-6-11/h2-9H,10H2,1H3,(H,19,22). The highest BCUT2D eigenvalue weighted by atomic mass is 35.5. The second-order valence-electron chi connectivity index (χ2n) is 4.93. The first kappa shape index (κ1) is 16.0. The Labute approximate surface area is 143 Å². The molecule has 1 N–H and O–H groups in total. The van der Waals surface area contributed by atoms with E-state index >= 15 is 0 Å². The SMILES string of the molecule is COc1cccc(C(=O)NCc2nc(-c3ccc(Cl)cc3)no2)c1. The second kappa shape index (κ2) is 7.14. The predicted octanol–water partition coefficient (Wildman–Crippen LogP) is 3.33. The maximum atomic E-state index is 12.1.